The summed E-state index contributed by atoms with van der Waals surface area (Å²) in [6.45, 7) is 4.24. The first kappa shape index (κ1) is 19.3. The van der Waals surface area contributed by atoms with Crippen LogP contribution in [0, 0.1) is 0 Å². The van der Waals surface area contributed by atoms with Crippen molar-refractivity contribution in [3.05, 3.63) is 53.1 Å². The summed E-state index contributed by atoms with van der Waals surface area (Å²) >= 11 is 3.48. The number of esters is 1. The van der Waals surface area contributed by atoms with Crippen molar-refractivity contribution in [3.63, 3.8) is 0 Å². The Kier molecular flexibility index (Phi) is 6.88. The molecule has 0 aliphatic heterocycles. The first-order chi connectivity index (χ1) is 12.0. The predicted molar refractivity (Wildman–Crippen MR) is 102 cm³/mol. The van der Waals surface area contributed by atoms with Gasteiger partial charge in [-0.05, 0) is 35.7 Å². The molecule has 2 rings (SSSR count). The van der Waals surface area contributed by atoms with Gasteiger partial charge in [-0.15, -0.1) is 0 Å². The topological polar surface area (TPSA) is 44.8 Å². The van der Waals surface area contributed by atoms with E-state index in [1.54, 1.807) is 7.11 Å². The van der Waals surface area contributed by atoms with Crippen LogP contribution in [-0.4, -0.2) is 20.2 Å². The highest BCUT2D eigenvalue weighted by Crippen LogP contribution is 2.34. The van der Waals surface area contributed by atoms with Crippen LogP contribution in [0.2, 0.25) is 0 Å². The Morgan fingerprint density at radius 2 is 1.80 bits per heavy atom. The summed E-state index contributed by atoms with van der Waals surface area (Å²) in [5.74, 6) is 2.44. The Bertz CT molecular complexity index is 740. The van der Waals surface area contributed by atoms with E-state index < -0.39 is 0 Å². The summed E-state index contributed by atoms with van der Waals surface area (Å²) in [5.41, 5.74) is 2.97. The number of hydrogen-bond acceptors (Lipinski definition) is 4. The Morgan fingerprint density at radius 1 is 1.08 bits per heavy atom. The molecule has 0 aliphatic rings. The second-order valence-corrected chi connectivity index (χ2v) is 6.55. The fraction of sp³-hybridized carbons (Fsp3) is 0.350. The molecule has 0 bridgehead atoms. The minimum atomic E-state index is -0.258. The maximum absolute atomic E-state index is 11.4. The average Bonchev–Trinajstić information content (AvgIpc) is 2.62. The SMILES string of the molecule is COC(=O)Cc1ccc(Oc2ccc(OC)c(C(C)C)c2)c(CBr)c1. The fourth-order valence-electron chi connectivity index (χ4n) is 2.54. The van der Waals surface area contributed by atoms with Gasteiger partial charge in [-0.2, -0.15) is 0 Å². The minimum Gasteiger partial charge on any atom is -0.496 e. The van der Waals surface area contributed by atoms with Gasteiger partial charge in [-0.25, -0.2) is 0 Å². The molecule has 0 fully saturated rings. The average molecular weight is 407 g/mol. The third kappa shape index (κ3) is 4.98. The molecule has 2 aromatic rings. The van der Waals surface area contributed by atoms with Crippen LogP contribution in [-0.2, 0) is 21.3 Å². The van der Waals surface area contributed by atoms with Gasteiger partial charge in [0.2, 0.25) is 0 Å². The van der Waals surface area contributed by atoms with Gasteiger partial charge in [0, 0.05) is 16.5 Å². The molecule has 2 aromatic carbocycles. The van der Waals surface area contributed by atoms with Gasteiger partial charge in [-0.1, -0.05) is 41.9 Å². The molecule has 0 aromatic heterocycles. The summed E-state index contributed by atoms with van der Waals surface area (Å²) in [6.07, 6.45) is 0.247. The molecule has 0 unspecified atom stereocenters. The number of benzene rings is 2. The number of ether oxygens (including phenoxy) is 3. The van der Waals surface area contributed by atoms with E-state index in [-0.39, 0.29) is 12.4 Å². The number of methoxy groups -OCH3 is 2. The van der Waals surface area contributed by atoms with Crippen LogP contribution in [0.5, 0.6) is 17.2 Å². The van der Waals surface area contributed by atoms with Crippen molar-refractivity contribution in [2.75, 3.05) is 14.2 Å². The number of carbonyl (C=O) groups is 1. The molecule has 0 saturated heterocycles. The van der Waals surface area contributed by atoms with Crippen LogP contribution in [0.15, 0.2) is 36.4 Å². The molecule has 0 atom stereocenters. The fourth-order valence-corrected chi connectivity index (χ4v) is 2.98. The zero-order chi connectivity index (χ0) is 18.4. The van der Waals surface area contributed by atoms with Crippen molar-refractivity contribution < 1.29 is 19.0 Å². The minimum absolute atomic E-state index is 0.247. The summed E-state index contributed by atoms with van der Waals surface area (Å²) in [5, 5.41) is 0.630. The largest absolute Gasteiger partial charge is 0.496 e. The molecule has 4 nitrogen and oxygen atoms in total. The molecule has 5 heteroatoms. The lowest BCUT2D eigenvalue weighted by atomic mass is 10.0. The van der Waals surface area contributed by atoms with Crippen molar-refractivity contribution in [1.82, 2.24) is 0 Å². The molecule has 0 saturated carbocycles. The van der Waals surface area contributed by atoms with Crippen molar-refractivity contribution in [2.24, 2.45) is 0 Å². The van der Waals surface area contributed by atoms with Crippen LogP contribution in [0.4, 0.5) is 0 Å². The standard InChI is InChI=1S/C20H23BrO4/c1-13(2)17-11-16(6-8-19(17)23-3)25-18-7-5-14(9-15(18)12-21)10-20(22)24-4/h5-9,11,13H,10,12H2,1-4H3. The zero-order valence-corrected chi connectivity index (χ0v) is 16.6. The molecular formula is C20H23BrO4. The quantitative estimate of drug-likeness (QED) is 0.466. The molecule has 0 amide bonds. The van der Waals surface area contributed by atoms with E-state index in [4.69, 9.17) is 14.2 Å². The lowest BCUT2D eigenvalue weighted by molar-refractivity contribution is -0.139. The Labute approximate surface area is 157 Å². The number of carbonyl (C=O) groups excluding carboxylic acids is 1. The third-order valence-electron chi connectivity index (χ3n) is 3.90. The zero-order valence-electron chi connectivity index (χ0n) is 15.0. The first-order valence-electron chi connectivity index (χ1n) is 8.08. The van der Waals surface area contributed by atoms with Crippen molar-refractivity contribution >= 4 is 21.9 Å². The van der Waals surface area contributed by atoms with Crippen molar-refractivity contribution in [3.8, 4) is 17.2 Å². The molecule has 0 aliphatic carbocycles. The van der Waals surface area contributed by atoms with Gasteiger partial charge < -0.3 is 14.2 Å². The van der Waals surface area contributed by atoms with E-state index in [2.05, 4.69) is 29.8 Å². The van der Waals surface area contributed by atoms with Gasteiger partial charge in [-0.3, -0.25) is 4.79 Å². The van der Waals surface area contributed by atoms with E-state index in [1.165, 1.54) is 7.11 Å². The molecule has 0 heterocycles. The van der Waals surface area contributed by atoms with Gasteiger partial charge in [0.25, 0.3) is 0 Å². The van der Waals surface area contributed by atoms with Crippen LogP contribution < -0.4 is 9.47 Å². The van der Waals surface area contributed by atoms with E-state index in [1.807, 2.05) is 36.4 Å². The monoisotopic (exact) mass is 406 g/mol. The number of alkyl halides is 1. The maximum atomic E-state index is 11.4. The summed E-state index contributed by atoms with van der Waals surface area (Å²) in [6, 6.07) is 11.5. The molecule has 0 N–H and O–H groups in total. The second kappa shape index (κ2) is 8.90. The Morgan fingerprint density at radius 3 is 2.40 bits per heavy atom. The smallest absolute Gasteiger partial charge is 0.309 e. The lowest BCUT2D eigenvalue weighted by Crippen LogP contribution is -2.05. The van der Waals surface area contributed by atoms with E-state index in [0.29, 0.717) is 11.2 Å². The van der Waals surface area contributed by atoms with Gasteiger partial charge in [0.15, 0.2) is 0 Å². The molecule has 134 valence electrons. The highest BCUT2D eigenvalue weighted by atomic mass is 79.9. The third-order valence-corrected chi connectivity index (χ3v) is 4.50. The van der Waals surface area contributed by atoms with Crippen LogP contribution in [0.3, 0.4) is 0 Å². The van der Waals surface area contributed by atoms with E-state index in [0.717, 1.165) is 33.9 Å². The van der Waals surface area contributed by atoms with E-state index in [9.17, 15) is 4.79 Å². The molecule has 25 heavy (non-hydrogen) atoms. The van der Waals surface area contributed by atoms with Crippen molar-refractivity contribution in [1.29, 1.82) is 0 Å². The van der Waals surface area contributed by atoms with E-state index >= 15 is 0 Å². The van der Waals surface area contributed by atoms with Crippen LogP contribution >= 0.6 is 15.9 Å². The molecular weight excluding hydrogens is 384 g/mol. The number of rotatable bonds is 7. The normalized spacial score (nSPS) is 10.6. The summed E-state index contributed by atoms with van der Waals surface area (Å²) < 4.78 is 16.2. The maximum Gasteiger partial charge on any atom is 0.309 e. The Hall–Kier alpha value is -2.01. The summed E-state index contributed by atoms with van der Waals surface area (Å²) in [4.78, 5) is 11.4. The lowest BCUT2D eigenvalue weighted by Gasteiger charge is -2.15. The highest BCUT2D eigenvalue weighted by molar-refractivity contribution is 9.08. The predicted octanol–water partition coefficient (Wildman–Crippen LogP) is 5.22. The number of hydrogen-bond donors (Lipinski definition) is 0. The van der Waals surface area contributed by atoms with Gasteiger partial charge in [0.05, 0.1) is 20.6 Å². The molecule has 0 spiro atoms. The highest BCUT2D eigenvalue weighted by Gasteiger charge is 2.12. The van der Waals surface area contributed by atoms with Crippen molar-refractivity contribution in [2.45, 2.75) is 31.5 Å². The second-order valence-electron chi connectivity index (χ2n) is 5.99. The van der Waals surface area contributed by atoms with Crippen LogP contribution in [0.25, 0.3) is 0 Å². The van der Waals surface area contributed by atoms with Crippen LogP contribution in [0.1, 0.15) is 36.5 Å². The molecule has 0 radical (unpaired) electrons. The Balaban J connectivity index is 2.27. The van der Waals surface area contributed by atoms with Gasteiger partial charge >= 0.3 is 5.97 Å². The summed E-state index contributed by atoms with van der Waals surface area (Å²) in [7, 11) is 3.06. The number of halogens is 1. The first-order valence-corrected chi connectivity index (χ1v) is 9.21. The van der Waals surface area contributed by atoms with Gasteiger partial charge in [0.1, 0.15) is 17.2 Å².